The molecule has 4 nitrogen and oxygen atoms in total. The number of carbonyl (C=O) groups excluding carboxylic acids is 1. The number of hydrogen-bond acceptors (Lipinski definition) is 4. The third-order valence-electron chi connectivity index (χ3n) is 4.45. The van der Waals surface area contributed by atoms with Crippen LogP contribution in [0.5, 0.6) is 0 Å². The summed E-state index contributed by atoms with van der Waals surface area (Å²) in [5.41, 5.74) is 7.10. The van der Waals surface area contributed by atoms with Crippen LogP contribution in [0.15, 0.2) is 24.3 Å². The lowest BCUT2D eigenvalue weighted by Crippen LogP contribution is -2.47. The number of rotatable bonds is 4. The Bertz CT molecular complexity index is 449. The van der Waals surface area contributed by atoms with Crippen molar-refractivity contribution in [3.05, 3.63) is 29.8 Å². The summed E-state index contributed by atoms with van der Waals surface area (Å²) in [5.74, 6) is 0.173. The van der Waals surface area contributed by atoms with E-state index in [1.54, 1.807) is 12.1 Å². The van der Waals surface area contributed by atoms with Gasteiger partial charge < -0.3 is 10.6 Å². The second-order valence-electron chi connectivity index (χ2n) is 5.86. The molecule has 1 atom stereocenters. The molecule has 0 radical (unpaired) electrons. The van der Waals surface area contributed by atoms with Crippen LogP contribution in [0.1, 0.15) is 30.1 Å². The van der Waals surface area contributed by atoms with Gasteiger partial charge in [-0.25, -0.2) is 0 Å². The van der Waals surface area contributed by atoms with Gasteiger partial charge in [-0.2, -0.15) is 0 Å². The molecule has 1 fully saturated rings. The van der Waals surface area contributed by atoms with Crippen LogP contribution in [-0.4, -0.2) is 54.9 Å². The maximum Gasteiger partial charge on any atom is 0.179 e. The molecule has 20 heavy (non-hydrogen) atoms. The molecule has 1 aromatic carbocycles. The Balaban J connectivity index is 2.00. The Labute approximate surface area is 121 Å². The molecule has 1 saturated heterocycles. The maximum absolute atomic E-state index is 12.5. The number of nitrogens with two attached hydrogens (primary N) is 1. The van der Waals surface area contributed by atoms with Crippen LogP contribution in [0.3, 0.4) is 0 Å². The Kier molecular flexibility index (Phi) is 4.78. The van der Waals surface area contributed by atoms with Crippen molar-refractivity contribution >= 4 is 11.5 Å². The molecule has 1 heterocycles. The predicted octanol–water partition coefficient (Wildman–Crippen LogP) is 1.87. The summed E-state index contributed by atoms with van der Waals surface area (Å²) in [6.45, 7) is 4.21. The number of nitrogen functional groups attached to an aromatic ring is 1. The van der Waals surface area contributed by atoms with E-state index in [9.17, 15) is 4.79 Å². The molecular formula is C16H25N3O. The van der Waals surface area contributed by atoms with Crippen LogP contribution < -0.4 is 5.73 Å². The highest BCUT2D eigenvalue weighted by atomic mass is 16.1. The van der Waals surface area contributed by atoms with Gasteiger partial charge in [0.25, 0.3) is 0 Å². The number of nitrogens with zero attached hydrogens (tertiary/aromatic N) is 2. The largest absolute Gasteiger partial charge is 0.399 e. The molecular weight excluding hydrogens is 250 g/mol. The van der Waals surface area contributed by atoms with E-state index in [1.165, 1.54) is 0 Å². The van der Waals surface area contributed by atoms with E-state index in [-0.39, 0.29) is 11.8 Å². The smallest absolute Gasteiger partial charge is 0.179 e. The molecule has 0 aliphatic carbocycles. The fourth-order valence-corrected chi connectivity index (χ4v) is 2.79. The molecule has 1 aliphatic rings. The van der Waals surface area contributed by atoms with E-state index in [0.29, 0.717) is 11.7 Å². The number of carbonyl (C=O) groups is 1. The molecule has 2 rings (SSSR count). The van der Waals surface area contributed by atoms with Crippen LogP contribution in [0, 0.1) is 0 Å². The standard InChI is InChI=1S/C16H25N3O/c1-12(16(20)13-4-6-14(17)7-5-13)19(3)15-8-10-18(2)11-9-15/h4-7,12,15H,8-11,17H2,1-3H3. The van der Waals surface area contributed by atoms with Gasteiger partial charge in [0, 0.05) is 17.3 Å². The van der Waals surface area contributed by atoms with E-state index in [4.69, 9.17) is 5.73 Å². The topological polar surface area (TPSA) is 49.6 Å². The second kappa shape index (κ2) is 6.37. The number of likely N-dealkylation sites (tertiary alicyclic amines) is 1. The number of Topliss-reactive ketones (excluding diaryl/α,β-unsaturated/α-hetero) is 1. The molecule has 0 bridgehead atoms. The molecule has 0 spiro atoms. The molecule has 4 heteroatoms. The van der Waals surface area contributed by atoms with Gasteiger partial charge >= 0.3 is 0 Å². The van der Waals surface area contributed by atoms with Gasteiger partial charge in [0.05, 0.1) is 6.04 Å². The Morgan fingerprint density at radius 2 is 1.85 bits per heavy atom. The summed E-state index contributed by atoms with van der Waals surface area (Å²) in [4.78, 5) is 17.1. The summed E-state index contributed by atoms with van der Waals surface area (Å²) in [7, 11) is 4.22. The van der Waals surface area contributed by atoms with Crippen LogP contribution in [0.2, 0.25) is 0 Å². The van der Waals surface area contributed by atoms with Crippen molar-refractivity contribution in [1.82, 2.24) is 9.80 Å². The van der Waals surface area contributed by atoms with Gasteiger partial charge in [0.2, 0.25) is 0 Å². The first-order valence-corrected chi connectivity index (χ1v) is 7.29. The van der Waals surface area contributed by atoms with E-state index < -0.39 is 0 Å². The lowest BCUT2D eigenvalue weighted by Gasteiger charge is -2.37. The van der Waals surface area contributed by atoms with Gasteiger partial charge in [0.1, 0.15) is 0 Å². The van der Waals surface area contributed by atoms with Gasteiger partial charge in [-0.3, -0.25) is 9.69 Å². The second-order valence-corrected chi connectivity index (χ2v) is 5.86. The van der Waals surface area contributed by atoms with E-state index in [1.807, 2.05) is 19.1 Å². The monoisotopic (exact) mass is 275 g/mol. The highest BCUT2D eigenvalue weighted by Crippen LogP contribution is 2.19. The zero-order valence-corrected chi connectivity index (χ0v) is 12.7. The molecule has 1 aromatic rings. The average molecular weight is 275 g/mol. The minimum atomic E-state index is -0.0907. The number of likely N-dealkylation sites (N-methyl/N-ethyl adjacent to an activating group) is 1. The zero-order chi connectivity index (χ0) is 14.7. The average Bonchev–Trinajstić information content (AvgIpc) is 2.46. The first-order valence-electron chi connectivity index (χ1n) is 7.29. The number of benzene rings is 1. The summed E-state index contributed by atoms with van der Waals surface area (Å²) < 4.78 is 0. The van der Waals surface area contributed by atoms with Crippen LogP contribution >= 0.6 is 0 Å². The quantitative estimate of drug-likeness (QED) is 0.673. The van der Waals surface area contributed by atoms with Crippen molar-refractivity contribution in [2.24, 2.45) is 0 Å². The SMILES string of the molecule is CC(C(=O)c1ccc(N)cc1)N(C)C1CCN(C)CC1. The lowest BCUT2D eigenvalue weighted by molar-refractivity contribution is 0.0731. The van der Waals surface area contributed by atoms with Crippen molar-refractivity contribution in [2.75, 3.05) is 32.9 Å². The molecule has 0 saturated carbocycles. The predicted molar refractivity (Wildman–Crippen MR) is 82.9 cm³/mol. The minimum absolute atomic E-state index is 0.0907. The maximum atomic E-state index is 12.5. The van der Waals surface area contributed by atoms with Gasteiger partial charge in [-0.1, -0.05) is 0 Å². The van der Waals surface area contributed by atoms with Gasteiger partial charge in [-0.15, -0.1) is 0 Å². The van der Waals surface area contributed by atoms with Crippen LogP contribution in [0.25, 0.3) is 0 Å². The summed E-state index contributed by atoms with van der Waals surface area (Å²) in [5, 5.41) is 0. The number of piperidine rings is 1. The molecule has 110 valence electrons. The van der Waals surface area contributed by atoms with E-state index in [2.05, 4.69) is 23.9 Å². The summed E-state index contributed by atoms with van der Waals surface area (Å²) in [6.07, 6.45) is 2.26. The van der Waals surface area contributed by atoms with Crippen molar-refractivity contribution < 1.29 is 4.79 Å². The van der Waals surface area contributed by atoms with Crippen molar-refractivity contribution in [3.63, 3.8) is 0 Å². The molecule has 0 amide bonds. The lowest BCUT2D eigenvalue weighted by atomic mass is 9.98. The van der Waals surface area contributed by atoms with Crippen LogP contribution in [-0.2, 0) is 0 Å². The molecule has 0 aromatic heterocycles. The first-order chi connectivity index (χ1) is 9.49. The Hall–Kier alpha value is -1.39. The molecule has 1 unspecified atom stereocenters. The van der Waals surface area contributed by atoms with E-state index in [0.717, 1.165) is 31.5 Å². The number of ketones is 1. The highest BCUT2D eigenvalue weighted by molar-refractivity contribution is 6.00. The molecule has 2 N–H and O–H groups in total. The van der Waals surface area contributed by atoms with Gasteiger partial charge in [-0.05, 0) is 71.2 Å². The van der Waals surface area contributed by atoms with Crippen molar-refractivity contribution in [1.29, 1.82) is 0 Å². The third-order valence-corrected chi connectivity index (χ3v) is 4.45. The van der Waals surface area contributed by atoms with E-state index >= 15 is 0 Å². The highest BCUT2D eigenvalue weighted by Gasteiger charge is 2.27. The summed E-state index contributed by atoms with van der Waals surface area (Å²) >= 11 is 0. The Morgan fingerprint density at radius 3 is 2.40 bits per heavy atom. The van der Waals surface area contributed by atoms with Crippen molar-refractivity contribution in [2.45, 2.75) is 31.8 Å². The normalized spacial score (nSPS) is 19.2. The van der Waals surface area contributed by atoms with Crippen molar-refractivity contribution in [3.8, 4) is 0 Å². The molecule has 1 aliphatic heterocycles. The minimum Gasteiger partial charge on any atom is -0.399 e. The third kappa shape index (κ3) is 3.38. The zero-order valence-electron chi connectivity index (χ0n) is 12.7. The first kappa shape index (κ1) is 15.0. The Morgan fingerprint density at radius 1 is 1.30 bits per heavy atom. The number of anilines is 1. The fraction of sp³-hybridized carbons (Fsp3) is 0.562. The summed E-state index contributed by atoms with van der Waals surface area (Å²) in [6, 6.07) is 7.61. The van der Waals surface area contributed by atoms with Gasteiger partial charge in [0.15, 0.2) is 5.78 Å². The van der Waals surface area contributed by atoms with Crippen LogP contribution in [0.4, 0.5) is 5.69 Å². The number of hydrogen-bond donors (Lipinski definition) is 1. The fourth-order valence-electron chi connectivity index (χ4n) is 2.79.